The molecule has 6 rings (SSSR count). The summed E-state index contributed by atoms with van der Waals surface area (Å²) in [4.78, 5) is 13.7. The molecule has 0 aliphatic carbocycles. The number of aromatic nitrogens is 6. The maximum Gasteiger partial charge on any atom is 0.180 e. The van der Waals surface area contributed by atoms with Crippen molar-refractivity contribution in [1.29, 1.82) is 0 Å². The van der Waals surface area contributed by atoms with Crippen LogP contribution < -0.4 is 9.80 Å². The first-order valence-corrected chi connectivity index (χ1v) is 11.8. The van der Waals surface area contributed by atoms with E-state index in [1.54, 1.807) is 10.8 Å². The first-order chi connectivity index (χ1) is 16.6. The Morgan fingerprint density at radius 2 is 1.88 bits per heavy atom. The number of alkyl halides is 1. The molecule has 0 bridgehead atoms. The minimum Gasteiger partial charge on any atom is -0.354 e. The fourth-order valence-electron chi connectivity index (χ4n) is 5.00. The second-order valence-corrected chi connectivity index (χ2v) is 9.26. The van der Waals surface area contributed by atoms with Gasteiger partial charge in [-0.1, -0.05) is 0 Å². The van der Waals surface area contributed by atoms with Crippen LogP contribution in [0.5, 0.6) is 0 Å². The standard InChI is InChI=1S/C25H27FN8/c1-16-17(2)25(31-34-15-29-30-24(16)34)33-9-7-22-20(13-33)10-19(12-27-22)18-5-6-23(28-11-18)32-8-3-4-21(26)14-32/h5-6,10-12,15,21H,3-4,7-9,13-14H2,1-2H3. The maximum absolute atomic E-state index is 13.8. The number of pyridine rings is 2. The number of piperidine rings is 1. The van der Waals surface area contributed by atoms with E-state index in [2.05, 4.69) is 46.1 Å². The maximum atomic E-state index is 13.8. The molecule has 0 spiro atoms. The number of rotatable bonds is 3. The van der Waals surface area contributed by atoms with Crippen molar-refractivity contribution in [2.24, 2.45) is 0 Å². The van der Waals surface area contributed by atoms with Gasteiger partial charge in [-0.15, -0.1) is 15.3 Å². The summed E-state index contributed by atoms with van der Waals surface area (Å²) < 4.78 is 15.5. The Bertz CT molecular complexity index is 1350. The highest BCUT2D eigenvalue weighted by atomic mass is 19.1. The molecule has 9 heteroatoms. The lowest BCUT2D eigenvalue weighted by Gasteiger charge is -2.31. The highest BCUT2D eigenvalue weighted by Crippen LogP contribution is 2.30. The van der Waals surface area contributed by atoms with E-state index < -0.39 is 6.17 Å². The Hall–Kier alpha value is -3.62. The summed E-state index contributed by atoms with van der Waals surface area (Å²) in [7, 11) is 0. The van der Waals surface area contributed by atoms with E-state index in [0.717, 1.165) is 77.7 Å². The molecular formula is C25H27FN8. The first-order valence-electron chi connectivity index (χ1n) is 11.8. The van der Waals surface area contributed by atoms with Crippen LogP contribution in [0.15, 0.2) is 36.9 Å². The molecule has 0 N–H and O–H groups in total. The molecule has 0 saturated carbocycles. The molecule has 8 nitrogen and oxygen atoms in total. The van der Waals surface area contributed by atoms with Gasteiger partial charge in [-0.05, 0) is 50.5 Å². The van der Waals surface area contributed by atoms with E-state index in [-0.39, 0.29) is 0 Å². The summed E-state index contributed by atoms with van der Waals surface area (Å²) in [6.45, 7) is 7.05. The molecule has 2 aliphatic rings. The normalized spacial score (nSPS) is 18.4. The summed E-state index contributed by atoms with van der Waals surface area (Å²) in [6, 6.07) is 6.26. The number of nitrogens with zero attached hydrogens (tertiary/aromatic N) is 8. The smallest absolute Gasteiger partial charge is 0.180 e. The molecule has 0 amide bonds. The van der Waals surface area contributed by atoms with Crippen molar-refractivity contribution in [1.82, 2.24) is 29.8 Å². The number of halogens is 1. The summed E-state index contributed by atoms with van der Waals surface area (Å²) in [5.74, 6) is 1.80. The Kier molecular flexibility index (Phi) is 5.12. The molecule has 174 valence electrons. The lowest BCUT2D eigenvalue weighted by Crippen LogP contribution is -2.36. The van der Waals surface area contributed by atoms with Crippen LogP contribution in [0.1, 0.15) is 35.2 Å². The van der Waals surface area contributed by atoms with Gasteiger partial charge >= 0.3 is 0 Å². The predicted molar refractivity (Wildman–Crippen MR) is 129 cm³/mol. The topological polar surface area (TPSA) is 75.3 Å². The molecule has 1 saturated heterocycles. The molecule has 0 aromatic carbocycles. The van der Waals surface area contributed by atoms with Crippen LogP contribution in [0.4, 0.5) is 16.0 Å². The Labute approximate surface area is 197 Å². The molecule has 4 aromatic heterocycles. The molecule has 0 radical (unpaired) electrons. The van der Waals surface area contributed by atoms with E-state index in [1.165, 1.54) is 5.56 Å². The van der Waals surface area contributed by atoms with Crippen LogP contribution in [0.2, 0.25) is 0 Å². The third kappa shape index (κ3) is 3.65. The van der Waals surface area contributed by atoms with Crippen molar-refractivity contribution in [2.75, 3.05) is 29.4 Å². The van der Waals surface area contributed by atoms with Gasteiger partial charge < -0.3 is 9.80 Å². The van der Waals surface area contributed by atoms with Crippen molar-refractivity contribution >= 4 is 17.3 Å². The highest BCUT2D eigenvalue weighted by Gasteiger charge is 2.23. The number of anilines is 2. The van der Waals surface area contributed by atoms with E-state index >= 15 is 0 Å². The highest BCUT2D eigenvalue weighted by molar-refractivity contribution is 5.65. The van der Waals surface area contributed by atoms with Gasteiger partial charge in [-0.25, -0.2) is 9.37 Å². The summed E-state index contributed by atoms with van der Waals surface area (Å²) in [6.07, 6.45) is 7.07. The molecule has 34 heavy (non-hydrogen) atoms. The van der Waals surface area contributed by atoms with Crippen molar-refractivity contribution in [2.45, 2.75) is 45.8 Å². The average molecular weight is 459 g/mol. The fourth-order valence-corrected chi connectivity index (χ4v) is 5.00. The van der Waals surface area contributed by atoms with Gasteiger partial charge in [0.25, 0.3) is 0 Å². The Morgan fingerprint density at radius 3 is 2.71 bits per heavy atom. The number of hydrogen-bond acceptors (Lipinski definition) is 7. The second kappa shape index (κ2) is 8.30. The summed E-state index contributed by atoms with van der Waals surface area (Å²) in [5.41, 5.74) is 7.40. The number of aryl methyl sites for hydroxylation is 1. The Morgan fingerprint density at radius 1 is 1.00 bits per heavy atom. The molecule has 6 heterocycles. The molecule has 1 atom stereocenters. The van der Waals surface area contributed by atoms with Crippen molar-refractivity contribution in [3.8, 4) is 11.1 Å². The van der Waals surface area contributed by atoms with E-state index in [1.807, 2.05) is 23.4 Å². The van der Waals surface area contributed by atoms with E-state index in [0.29, 0.717) is 13.0 Å². The van der Waals surface area contributed by atoms with Gasteiger partial charge in [0, 0.05) is 66.4 Å². The first kappa shape index (κ1) is 20.9. The predicted octanol–water partition coefficient (Wildman–Crippen LogP) is 3.70. The number of fused-ring (bicyclic) bond motifs is 2. The Balaban J connectivity index is 1.26. The van der Waals surface area contributed by atoms with Crippen molar-refractivity contribution < 1.29 is 4.39 Å². The molecule has 1 fully saturated rings. The lowest BCUT2D eigenvalue weighted by molar-refractivity contribution is 0.286. The molecule has 4 aromatic rings. The van der Waals surface area contributed by atoms with Crippen LogP contribution in [0, 0.1) is 13.8 Å². The second-order valence-electron chi connectivity index (χ2n) is 9.26. The SMILES string of the molecule is Cc1c(N2CCc3ncc(-c4ccc(N5CCCC(F)C5)nc4)cc3C2)nn2cnnc2c1C. The van der Waals surface area contributed by atoms with Crippen LogP contribution in [-0.2, 0) is 13.0 Å². The third-order valence-corrected chi connectivity index (χ3v) is 7.07. The van der Waals surface area contributed by atoms with Crippen LogP contribution in [0.25, 0.3) is 16.8 Å². The molecule has 2 aliphatic heterocycles. The van der Waals surface area contributed by atoms with Gasteiger partial charge in [0.15, 0.2) is 11.5 Å². The van der Waals surface area contributed by atoms with Gasteiger partial charge in [0.2, 0.25) is 0 Å². The zero-order valence-corrected chi connectivity index (χ0v) is 19.4. The van der Waals surface area contributed by atoms with E-state index in [9.17, 15) is 4.39 Å². The summed E-state index contributed by atoms with van der Waals surface area (Å²) in [5, 5.41) is 13.0. The van der Waals surface area contributed by atoms with Gasteiger partial charge in [-0.3, -0.25) is 4.98 Å². The molecule has 1 unspecified atom stereocenters. The largest absolute Gasteiger partial charge is 0.354 e. The van der Waals surface area contributed by atoms with Crippen molar-refractivity contribution in [3.63, 3.8) is 0 Å². The minimum absolute atomic E-state index is 0.427. The van der Waals surface area contributed by atoms with Gasteiger partial charge in [-0.2, -0.15) is 4.52 Å². The summed E-state index contributed by atoms with van der Waals surface area (Å²) >= 11 is 0. The fraction of sp³-hybridized carbons (Fsp3) is 0.400. The third-order valence-electron chi connectivity index (χ3n) is 7.07. The van der Waals surface area contributed by atoms with E-state index in [4.69, 9.17) is 10.1 Å². The lowest BCUT2D eigenvalue weighted by atomic mass is 10.0. The molecular weight excluding hydrogens is 431 g/mol. The quantitative estimate of drug-likeness (QED) is 0.463. The van der Waals surface area contributed by atoms with Gasteiger partial charge in [0.1, 0.15) is 18.3 Å². The minimum atomic E-state index is -0.768. The van der Waals surface area contributed by atoms with Crippen LogP contribution in [0.3, 0.4) is 0 Å². The zero-order chi connectivity index (χ0) is 23.2. The van der Waals surface area contributed by atoms with Crippen molar-refractivity contribution in [3.05, 3.63) is 59.3 Å². The monoisotopic (exact) mass is 458 g/mol. The van der Waals surface area contributed by atoms with Gasteiger partial charge in [0.05, 0.1) is 6.54 Å². The zero-order valence-electron chi connectivity index (χ0n) is 19.4. The van der Waals surface area contributed by atoms with Crippen LogP contribution in [-0.4, -0.2) is 55.6 Å². The van der Waals surface area contributed by atoms with Crippen LogP contribution >= 0.6 is 0 Å². The number of hydrogen-bond donors (Lipinski definition) is 0. The average Bonchev–Trinajstić information content (AvgIpc) is 3.35.